The number of Topliss-reactive ketones (excluding diaryl/α,β-unsaturated/α-hetero) is 1. The normalized spacial score (nSPS) is 13.7. The molecule has 0 heterocycles. The van der Waals surface area contributed by atoms with E-state index < -0.39 is 30.1 Å². The molecule has 0 radical (unpaired) electrons. The van der Waals surface area contributed by atoms with Crippen molar-refractivity contribution in [2.75, 3.05) is 19.8 Å². The summed E-state index contributed by atoms with van der Waals surface area (Å²) < 4.78 is 10.2. The number of fused-ring (bicyclic) bond motifs is 3. The fourth-order valence-electron chi connectivity index (χ4n) is 4.50. The number of hydrogen-bond acceptors (Lipinski definition) is 7. The average molecular weight is 504 g/mol. The van der Waals surface area contributed by atoms with Crippen LogP contribution in [0.25, 0.3) is 11.1 Å². The van der Waals surface area contributed by atoms with E-state index in [-0.39, 0.29) is 37.7 Å². The molecular weight excluding hydrogens is 474 g/mol. The molecule has 2 atom stereocenters. The highest BCUT2D eigenvalue weighted by molar-refractivity contribution is 6.40. The first-order chi connectivity index (χ1) is 17.9. The maximum Gasteiger partial charge on any atom is 0.407 e. The largest absolute Gasteiger partial charge is 0.460 e. The molecule has 0 aliphatic heterocycles. The maximum absolute atomic E-state index is 12.3. The summed E-state index contributed by atoms with van der Waals surface area (Å²) in [5, 5.41) is 23.4. The first kappa shape index (κ1) is 26.1. The number of rotatable bonds is 10. The Hall–Kier alpha value is -4.01. The molecule has 192 valence electrons. The van der Waals surface area contributed by atoms with Crippen LogP contribution in [0.3, 0.4) is 0 Å². The molecule has 3 N–H and O–H groups in total. The third kappa shape index (κ3) is 5.87. The number of aliphatic hydroxyl groups excluding tert-OH is 2. The minimum atomic E-state index is -1.24. The van der Waals surface area contributed by atoms with Crippen LogP contribution >= 0.6 is 0 Å². The number of ketones is 1. The summed E-state index contributed by atoms with van der Waals surface area (Å²) in [5.74, 6) is -1.78. The zero-order valence-corrected chi connectivity index (χ0v) is 20.4. The topological polar surface area (TPSA) is 122 Å². The number of carbonyl (C=O) groups is 3. The average Bonchev–Trinajstić information content (AvgIpc) is 3.25. The molecule has 4 rings (SSSR count). The Labute approximate surface area is 214 Å². The molecule has 0 saturated carbocycles. The number of ether oxygens (including phenoxy) is 2. The second-order valence-electron chi connectivity index (χ2n) is 8.72. The number of benzene rings is 3. The lowest BCUT2D eigenvalue weighted by molar-refractivity contribution is -0.137. The van der Waals surface area contributed by atoms with Gasteiger partial charge in [-0.3, -0.25) is 4.79 Å². The molecule has 1 aliphatic carbocycles. The van der Waals surface area contributed by atoms with E-state index in [1.807, 2.05) is 36.4 Å². The van der Waals surface area contributed by atoms with E-state index >= 15 is 0 Å². The van der Waals surface area contributed by atoms with Gasteiger partial charge in [0.25, 0.3) is 5.78 Å². The zero-order chi connectivity index (χ0) is 26.4. The third-order valence-electron chi connectivity index (χ3n) is 6.39. The van der Waals surface area contributed by atoms with Gasteiger partial charge < -0.3 is 25.0 Å². The van der Waals surface area contributed by atoms with Gasteiger partial charge in [-0.1, -0.05) is 72.8 Å². The van der Waals surface area contributed by atoms with Crippen molar-refractivity contribution in [3.63, 3.8) is 0 Å². The summed E-state index contributed by atoms with van der Waals surface area (Å²) in [4.78, 5) is 35.8. The Bertz CT molecular complexity index is 1230. The minimum Gasteiger partial charge on any atom is -0.460 e. The van der Waals surface area contributed by atoms with E-state index in [1.165, 1.54) is 24.3 Å². The van der Waals surface area contributed by atoms with Gasteiger partial charge in [0.15, 0.2) is 0 Å². The van der Waals surface area contributed by atoms with Crippen LogP contribution in [0.5, 0.6) is 0 Å². The highest BCUT2D eigenvalue weighted by Crippen LogP contribution is 2.44. The quantitative estimate of drug-likeness (QED) is 0.219. The number of carbonyl (C=O) groups excluding carboxylic acids is 3. The lowest BCUT2D eigenvalue weighted by Crippen LogP contribution is -2.30. The van der Waals surface area contributed by atoms with Crippen molar-refractivity contribution in [3.8, 4) is 11.1 Å². The molecule has 3 aromatic rings. The van der Waals surface area contributed by atoms with Gasteiger partial charge in [0.05, 0.1) is 12.7 Å². The SMILES string of the molecule is CCOC(=O)C(=O)c1ccc(C(O)C(O)CCNC(=O)OCC2c3ccccc3-c3ccccc32)cc1. The van der Waals surface area contributed by atoms with Gasteiger partial charge in [0.1, 0.15) is 12.7 Å². The van der Waals surface area contributed by atoms with E-state index in [4.69, 9.17) is 9.47 Å². The molecule has 0 saturated heterocycles. The summed E-state index contributed by atoms with van der Waals surface area (Å²) in [6, 6.07) is 21.8. The standard InChI is InChI=1S/C29H29NO7/c1-2-36-28(34)27(33)19-13-11-18(12-14-19)26(32)25(31)15-16-30-29(35)37-17-24-22-9-5-3-7-20(22)21-8-4-6-10-23(21)24/h3-14,24-26,31-32H,2,15-17H2,1H3,(H,30,35). The van der Waals surface area contributed by atoms with Gasteiger partial charge >= 0.3 is 12.1 Å². The summed E-state index contributed by atoms with van der Waals surface area (Å²) in [6.07, 6.45) is -2.93. The second kappa shape index (κ2) is 11.8. The Kier molecular flexibility index (Phi) is 8.32. The molecule has 0 spiro atoms. The van der Waals surface area contributed by atoms with Crippen LogP contribution in [0.1, 0.15) is 52.4 Å². The fourth-order valence-corrected chi connectivity index (χ4v) is 4.50. The van der Waals surface area contributed by atoms with E-state index in [0.717, 1.165) is 22.3 Å². The van der Waals surface area contributed by atoms with Crippen molar-refractivity contribution in [2.24, 2.45) is 0 Å². The Morgan fingerprint density at radius 2 is 1.46 bits per heavy atom. The maximum atomic E-state index is 12.3. The van der Waals surface area contributed by atoms with Crippen molar-refractivity contribution in [2.45, 2.75) is 31.5 Å². The lowest BCUT2D eigenvalue weighted by atomic mass is 9.98. The number of nitrogens with one attached hydrogen (secondary N) is 1. The van der Waals surface area contributed by atoms with E-state index in [0.29, 0.717) is 5.56 Å². The van der Waals surface area contributed by atoms with Crippen molar-refractivity contribution in [1.82, 2.24) is 5.32 Å². The Morgan fingerprint density at radius 3 is 2.05 bits per heavy atom. The molecule has 8 nitrogen and oxygen atoms in total. The third-order valence-corrected chi connectivity index (χ3v) is 6.39. The molecule has 0 fully saturated rings. The summed E-state index contributed by atoms with van der Waals surface area (Å²) in [6.45, 7) is 1.97. The smallest absolute Gasteiger partial charge is 0.407 e. The number of aliphatic hydroxyl groups is 2. The summed E-state index contributed by atoms with van der Waals surface area (Å²) in [7, 11) is 0. The molecule has 8 heteroatoms. The van der Waals surface area contributed by atoms with E-state index in [2.05, 4.69) is 17.4 Å². The predicted octanol–water partition coefficient (Wildman–Crippen LogP) is 3.76. The van der Waals surface area contributed by atoms with E-state index in [1.54, 1.807) is 6.92 Å². The van der Waals surface area contributed by atoms with Gasteiger partial charge in [-0.25, -0.2) is 9.59 Å². The number of esters is 1. The van der Waals surface area contributed by atoms with Crippen LogP contribution < -0.4 is 5.32 Å². The number of hydrogen-bond donors (Lipinski definition) is 3. The fraction of sp³-hybridized carbons (Fsp3) is 0.276. The number of amides is 1. The highest BCUT2D eigenvalue weighted by atomic mass is 16.5. The van der Waals surface area contributed by atoms with Crippen LogP contribution in [0.4, 0.5) is 4.79 Å². The van der Waals surface area contributed by atoms with Gasteiger partial charge in [0.2, 0.25) is 0 Å². The molecule has 0 bridgehead atoms. The molecule has 37 heavy (non-hydrogen) atoms. The second-order valence-corrected chi connectivity index (χ2v) is 8.72. The molecule has 1 aliphatic rings. The monoisotopic (exact) mass is 503 g/mol. The molecule has 0 aromatic heterocycles. The first-order valence-electron chi connectivity index (χ1n) is 12.2. The van der Waals surface area contributed by atoms with Gasteiger partial charge in [-0.05, 0) is 41.2 Å². The molecule has 2 unspecified atom stereocenters. The predicted molar refractivity (Wildman–Crippen MR) is 136 cm³/mol. The lowest BCUT2D eigenvalue weighted by Gasteiger charge is -2.19. The van der Waals surface area contributed by atoms with Crippen molar-refractivity contribution < 1.29 is 34.1 Å². The first-order valence-corrected chi connectivity index (χ1v) is 12.2. The van der Waals surface area contributed by atoms with Crippen LogP contribution in [0.2, 0.25) is 0 Å². The Morgan fingerprint density at radius 1 is 0.865 bits per heavy atom. The Balaban J connectivity index is 1.25. The summed E-state index contributed by atoms with van der Waals surface area (Å²) in [5.41, 5.74) is 5.01. The van der Waals surface area contributed by atoms with Crippen molar-refractivity contribution in [3.05, 3.63) is 95.1 Å². The van der Waals surface area contributed by atoms with Gasteiger partial charge in [-0.2, -0.15) is 0 Å². The zero-order valence-electron chi connectivity index (χ0n) is 20.4. The van der Waals surface area contributed by atoms with Crippen LogP contribution in [0, 0.1) is 0 Å². The van der Waals surface area contributed by atoms with Crippen LogP contribution in [0.15, 0.2) is 72.8 Å². The van der Waals surface area contributed by atoms with Crippen LogP contribution in [-0.2, 0) is 14.3 Å². The highest BCUT2D eigenvalue weighted by Gasteiger charge is 2.29. The van der Waals surface area contributed by atoms with Crippen molar-refractivity contribution in [1.29, 1.82) is 0 Å². The van der Waals surface area contributed by atoms with Crippen molar-refractivity contribution >= 4 is 17.8 Å². The van der Waals surface area contributed by atoms with Gasteiger partial charge in [0, 0.05) is 18.0 Å². The summed E-state index contributed by atoms with van der Waals surface area (Å²) >= 11 is 0. The molecular formula is C29H29NO7. The molecule has 1 amide bonds. The van der Waals surface area contributed by atoms with Gasteiger partial charge in [-0.15, -0.1) is 0 Å². The van der Waals surface area contributed by atoms with Crippen LogP contribution in [-0.4, -0.2) is 53.9 Å². The molecule has 3 aromatic carbocycles. The minimum absolute atomic E-state index is 0.0516. The van der Waals surface area contributed by atoms with E-state index in [9.17, 15) is 24.6 Å². The number of alkyl carbamates (subject to hydrolysis) is 1.